The van der Waals surface area contributed by atoms with Gasteiger partial charge in [0.05, 0.1) is 12.0 Å². The van der Waals surface area contributed by atoms with Crippen LogP contribution in [0.15, 0.2) is 12.4 Å². The van der Waals surface area contributed by atoms with E-state index in [-0.39, 0.29) is 5.38 Å². The van der Waals surface area contributed by atoms with Crippen molar-refractivity contribution in [2.45, 2.75) is 31.6 Å². The molecule has 0 saturated carbocycles. The van der Waals surface area contributed by atoms with Crippen molar-refractivity contribution in [2.75, 3.05) is 24.6 Å². The van der Waals surface area contributed by atoms with E-state index in [2.05, 4.69) is 21.8 Å². The van der Waals surface area contributed by atoms with Crippen LogP contribution in [0.5, 0.6) is 5.88 Å². The Balaban J connectivity index is 2.04. The van der Waals surface area contributed by atoms with Crippen molar-refractivity contribution in [3.8, 4) is 5.88 Å². The molecule has 17 heavy (non-hydrogen) atoms. The zero-order chi connectivity index (χ0) is 12.1. The summed E-state index contributed by atoms with van der Waals surface area (Å²) in [5.41, 5.74) is 0. The molecule has 0 bridgehead atoms. The Labute approximate surface area is 107 Å². The molecule has 1 saturated heterocycles. The van der Waals surface area contributed by atoms with E-state index in [1.807, 2.05) is 6.07 Å². The molecule has 1 aromatic rings. The number of ether oxygens (including phenoxy) is 1. The van der Waals surface area contributed by atoms with Gasteiger partial charge in [-0.1, -0.05) is 6.92 Å². The molecule has 94 valence electrons. The van der Waals surface area contributed by atoms with Crippen LogP contribution in [0.2, 0.25) is 0 Å². The molecule has 4 nitrogen and oxygen atoms in total. The van der Waals surface area contributed by atoms with Crippen molar-refractivity contribution >= 4 is 17.4 Å². The Morgan fingerprint density at radius 2 is 2.41 bits per heavy atom. The van der Waals surface area contributed by atoms with Crippen LogP contribution in [-0.4, -0.2) is 35.0 Å². The van der Waals surface area contributed by atoms with Crippen LogP contribution in [0.3, 0.4) is 0 Å². The molecule has 1 fully saturated rings. The molecular weight excluding hydrogens is 238 g/mol. The lowest BCUT2D eigenvalue weighted by Gasteiger charge is -2.30. The second-order valence-electron chi connectivity index (χ2n) is 4.25. The summed E-state index contributed by atoms with van der Waals surface area (Å²) in [7, 11) is 0. The second-order valence-corrected chi connectivity index (χ2v) is 4.87. The first-order valence-electron chi connectivity index (χ1n) is 6.13. The van der Waals surface area contributed by atoms with Crippen molar-refractivity contribution in [1.29, 1.82) is 0 Å². The zero-order valence-electron chi connectivity index (χ0n) is 10.1. The van der Waals surface area contributed by atoms with E-state index in [1.165, 1.54) is 0 Å². The van der Waals surface area contributed by atoms with Gasteiger partial charge in [0, 0.05) is 19.2 Å². The highest BCUT2D eigenvalue weighted by molar-refractivity contribution is 6.21. The molecule has 1 aliphatic heterocycles. The number of nitrogens with zero attached hydrogens (tertiary/aromatic N) is 3. The normalized spacial score (nSPS) is 20.4. The highest BCUT2D eigenvalue weighted by Crippen LogP contribution is 2.22. The Morgan fingerprint density at radius 1 is 1.53 bits per heavy atom. The summed E-state index contributed by atoms with van der Waals surface area (Å²) in [5, 5.41) is 0.221. The maximum absolute atomic E-state index is 6.17. The number of aromatic nitrogens is 2. The number of hydrogen-bond donors (Lipinski definition) is 0. The maximum Gasteiger partial charge on any atom is 0.218 e. The summed E-state index contributed by atoms with van der Waals surface area (Å²) in [5.74, 6) is 1.56. The first-order chi connectivity index (χ1) is 8.29. The van der Waals surface area contributed by atoms with Crippen LogP contribution in [0.25, 0.3) is 0 Å². The van der Waals surface area contributed by atoms with E-state index < -0.39 is 0 Å². The van der Waals surface area contributed by atoms with E-state index in [9.17, 15) is 0 Å². The van der Waals surface area contributed by atoms with Gasteiger partial charge in [0.15, 0.2) is 0 Å². The quantitative estimate of drug-likeness (QED) is 0.775. The fraction of sp³-hybridized carbons (Fsp3) is 0.667. The number of halogens is 1. The van der Waals surface area contributed by atoms with E-state index in [1.54, 1.807) is 6.33 Å². The van der Waals surface area contributed by atoms with E-state index >= 15 is 0 Å². The van der Waals surface area contributed by atoms with Gasteiger partial charge in [-0.15, -0.1) is 11.6 Å². The molecule has 0 N–H and O–H groups in total. The first kappa shape index (κ1) is 12.4. The molecule has 0 aliphatic carbocycles. The molecule has 1 atom stereocenters. The smallest absolute Gasteiger partial charge is 0.218 e. The summed E-state index contributed by atoms with van der Waals surface area (Å²) < 4.78 is 5.50. The Morgan fingerprint density at radius 3 is 3.18 bits per heavy atom. The van der Waals surface area contributed by atoms with E-state index in [0.29, 0.717) is 12.5 Å². The monoisotopic (exact) mass is 255 g/mol. The third-order valence-electron chi connectivity index (χ3n) is 2.77. The lowest BCUT2D eigenvalue weighted by Crippen LogP contribution is -2.36. The van der Waals surface area contributed by atoms with Crippen molar-refractivity contribution in [1.82, 2.24) is 9.97 Å². The van der Waals surface area contributed by atoms with Crippen LogP contribution in [0, 0.1) is 0 Å². The second kappa shape index (κ2) is 6.05. The molecule has 1 aliphatic rings. The topological polar surface area (TPSA) is 38.2 Å². The van der Waals surface area contributed by atoms with Crippen LogP contribution >= 0.6 is 11.6 Å². The van der Waals surface area contributed by atoms with Gasteiger partial charge in [-0.05, 0) is 19.3 Å². The molecule has 0 spiro atoms. The minimum atomic E-state index is 0.221. The fourth-order valence-corrected chi connectivity index (χ4v) is 2.24. The van der Waals surface area contributed by atoms with Gasteiger partial charge in [0.2, 0.25) is 5.88 Å². The third kappa shape index (κ3) is 3.46. The van der Waals surface area contributed by atoms with Gasteiger partial charge in [0.25, 0.3) is 0 Å². The summed E-state index contributed by atoms with van der Waals surface area (Å²) >= 11 is 6.17. The highest BCUT2D eigenvalue weighted by Gasteiger charge is 2.19. The van der Waals surface area contributed by atoms with E-state index in [4.69, 9.17) is 16.3 Å². The van der Waals surface area contributed by atoms with Crippen LogP contribution in [0.1, 0.15) is 26.2 Å². The number of anilines is 1. The molecule has 1 aromatic heterocycles. The van der Waals surface area contributed by atoms with Crippen LogP contribution < -0.4 is 9.64 Å². The van der Waals surface area contributed by atoms with Gasteiger partial charge < -0.3 is 9.64 Å². The first-order valence-corrected chi connectivity index (χ1v) is 6.57. The summed E-state index contributed by atoms with van der Waals surface area (Å²) in [4.78, 5) is 10.6. The Bertz CT molecular complexity index is 361. The predicted molar refractivity (Wildman–Crippen MR) is 68.9 cm³/mol. The van der Waals surface area contributed by atoms with Crippen LogP contribution in [-0.2, 0) is 0 Å². The van der Waals surface area contributed by atoms with Gasteiger partial charge in [-0.2, -0.15) is 0 Å². The maximum atomic E-state index is 6.17. The Kier molecular flexibility index (Phi) is 4.42. The molecule has 0 aromatic carbocycles. The summed E-state index contributed by atoms with van der Waals surface area (Å²) in [6, 6.07) is 1.89. The number of alkyl halides is 1. The third-order valence-corrected chi connectivity index (χ3v) is 3.13. The molecule has 2 rings (SSSR count). The van der Waals surface area contributed by atoms with Crippen molar-refractivity contribution in [3.05, 3.63) is 12.4 Å². The summed E-state index contributed by atoms with van der Waals surface area (Å²) in [6.07, 6.45) is 4.73. The molecule has 1 unspecified atom stereocenters. The average molecular weight is 256 g/mol. The number of hydrogen-bond acceptors (Lipinski definition) is 4. The minimum absolute atomic E-state index is 0.221. The van der Waals surface area contributed by atoms with Gasteiger partial charge in [0.1, 0.15) is 12.1 Å². The average Bonchev–Trinajstić information content (AvgIpc) is 2.37. The molecular formula is C12H18ClN3O. The Hall–Kier alpha value is -1.03. The van der Waals surface area contributed by atoms with Crippen molar-refractivity contribution < 1.29 is 4.74 Å². The fourth-order valence-electron chi connectivity index (χ4n) is 1.92. The number of piperidine rings is 1. The molecule has 2 heterocycles. The van der Waals surface area contributed by atoms with Gasteiger partial charge in [-0.25, -0.2) is 9.97 Å². The minimum Gasteiger partial charge on any atom is -0.478 e. The lowest BCUT2D eigenvalue weighted by molar-refractivity contribution is 0.304. The number of rotatable bonds is 4. The highest BCUT2D eigenvalue weighted by atomic mass is 35.5. The zero-order valence-corrected chi connectivity index (χ0v) is 10.9. The molecule has 5 heteroatoms. The van der Waals surface area contributed by atoms with Gasteiger partial charge in [-0.3, -0.25) is 0 Å². The largest absolute Gasteiger partial charge is 0.478 e. The van der Waals surface area contributed by atoms with E-state index in [0.717, 1.165) is 38.2 Å². The standard InChI is InChI=1S/C12H18ClN3O/c1-2-6-17-12-7-11(14-9-15-12)16-5-3-4-10(13)8-16/h7,9-10H,2-6,8H2,1H3. The van der Waals surface area contributed by atoms with Crippen molar-refractivity contribution in [3.63, 3.8) is 0 Å². The SMILES string of the molecule is CCCOc1cc(N2CCCC(Cl)C2)ncn1. The lowest BCUT2D eigenvalue weighted by atomic mass is 10.1. The van der Waals surface area contributed by atoms with Gasteiger partial charge >= 0.3 is 0 Å². The predicted octanol–water partition coefficient (Wildman–Crippen LogP) is 2.47. The molecule has 0 amide bonds. The molecule has 0 radical (unpaired) electrons. The van der Waals surface area contributed by atoms with Crippen molar-refractivity contribution in [2.24, 2.45) is 0 Å². The summed E-state index contributed by atoms with van der Waals surface area (Å²) in [6.45, 7) is 4.62. The van der Waals surface area contributed by atoms with Crippen LogP contribution in [0.4, 0.5) is 5.82 Å².